The van der Waals surface area contributed by atoms with Crippen molar-refractivity contribution in [3.05, 3.63) is 24.0 Å². The summed E-state index contributed by atoms with van der Waals surface area (Å²) in [6.07, 6.45) is 3.93. The van der Waals surface area contributed by atoms with Gasteiger partial charge >= 0.3 is 11.9 Å². The Morgan fingerprint density at radius 2 is 2.19 bits per heavy atom. The molecule has 0 bridgehead atoms. The molecule has 1 unspecified atom stereocenters. The highest BCUT2D eigenvalue weighted by molar-refractivity contribution is 6.16. The minimum absolute atomic E-state index is 0.177. The van der Waals surface area contributed by atoms with Gasteiger partial charge < -0.3 is 4.74 Å². The number of rotatable bonds is 5. The third-order valence-corrected chi connectivity index (χ3v) is 3.56. The summed E-state index contributed by atoms with van der Waals surface area (Å²) in [6.45, 7) is 8.08. The fourth-order valence-corrected chi connectivity index (χ4v) is 2.51. The van der Waals surface area contributed by atoms with E-state index >= 15 is 0 Å². The lowest BCUT2D eigenvalue weighted by Crippen LogP contribution is -2.55. The van der Waals surface area contributed by atoms with Crippen LogP contribution in [0.2, 0.25) is 0 Å². The van der Waals surface area contributed by atoms with Crippen LogP contribution in [0, 0.1) is 5.92 Å². The van der Waals surface area contributed by atoms with E-state index in [-0.39, 0.29) is 18.5 Å². The highest BCUT2D eigenvalue weighted by Crippen LogP contribution is 2.29. The van der Waals surface area contributed by atoms with Gasteiger partial charge in [0.2, 0.25) is 0 Å². The van der Waals surface area contributed by atoms with Crippen molar-refractivity contribution in [1.29, 1.82) is 0 Å². The van der Waals surface area contributed by atoms with Crippen molar-refractivity contribution in [2.45, 2.75) is 20.3 Å². The van der Waals surface area contributed by atoms with E-state index in [0.29, 0.717) is 18.2 Å². The summed E-state index contributed by atoms with van der Waals surface area (Å²) in [6, 6.07) is -0.390. The molecule has 2 aliphatic heterocycles. The number of amides is 3. The van der Waals surface area contributed by atoms with Crippen LogP contribution in [0.1, 0.15) is 20.3 Å². The lowest BCUT2D eigenvalue weighted by Gasteiger charge is -2.29. The smallest absolute Gasteiger partial charge is 0.445 e. The summed E-state index contributed by atoms with van der Waals surface area (Å²) in [7, 11) is 1.62. The van der Waals surface area contributed by atoms with E-state index < -0.39 is 5.92 Å². The number of imide groups is 1. The van der Waals surface area contributed by atoms with Crippen molar-refractivity contribution in [1.82, 2.24) is 4.90 Å². The second kappa shape index (κ2) is 6.03. The maximum Gasteiger partial charge on any atom is 0.445 e. The predicted octanol–water partition coefficient (Wildman–Crippen LogP) is 1.58. The number of urea groups is 1. The third kappa shape index (κ3) is 2.41. The van der Waals surface area contributed by atoms with E-state index in [1.165, 1.54) is 15.6 Å². The number of fused-ring (bicyclic) bond motifs is 1. The summed E-state index contributed by atoms with van der Waals surface area (Å²) < 4.78 is 7.09. The number of hydrogen-bond donors (Lipinski definition) is 0. The molecule has 0 aromatic carbocycles. The summed E-state index contributed by atoms with van der Waals surface area (Å²) in [5.74, 6) is 0.0705. The number of hydrogen-bond acceptors (Lipinski definition) is 4. The van der Waals surface area contributed by atoms with Crippen LogP contribution in [0.3, 0.4) is 0 Å². The molecule has 2 aliphatic rings. The van der Waals surface area contributed by atoms with Crippen LogP contribution in [0.25, 0.3) is 0 Å². The first-order valence-corrected chi connectivity index (χ1v) is 7.03. The zero-order chi connectivity index (χ0) is 15.6. The average Bonchev–Trinajstić information content (AvgIpc) is 2.49. The van der Waals surface area contributed by atoms with Crippen molar-refractivity contribution in [3.8, 4) is 0 Å². The Balaban J connectivity index is 2.56. The van der Waals surface area contributed by atoms with E-state index in [0.717, 1.165) is 12.0 Å². The quantitative estimate of drug-likeness (QED) is 0.570. The van der Waals surface area contributed by atoms with Crippen LogP contribution in [-0.4, -0.2) is 53.7 Å². The fourth-order valence-electron chi connectivity index (χ4n) is 2.51. The Bertz CT molecular complexity index is 587. The average molecular weight is 290 g/mol. The number of dihydropyridines is 1. The second-order valence-corrected chi connectivity index (χ2v) is 4.80. The number of nitrogens with zero attached hydrogens (tertiary/aromatic N) is 3. The van der Waals surface area contributed by atoms with Gasteiger partial charge in [-0.2, -0.15) is 9.48 Å². The molecule has 0 saturated carbocycles. The Labute approximate surface area is 124 Å². The van der Waals surface area contributed by atoms with Gasteiger partial charge in [0.25, 0.3) is 5.84 Å². The van der Waals surface area contributed by atoms with Gasteiger partial charge in [0, 0.05) is 5.57 Å². The molecular weight excluding hydrogens is 270 g/mol. The van der Waals surface area contributed by atoms with Crippen molar-refractivity contribution in [3.63, 3.8) is 0 Å². The maximum atomic E-state index is 12.7. The van der Waals surface area contributed by atoms with Crippen molar-refractivity contribution in [2.75, 3.05) is 20.2 Å². The number of carbonyl (C=O) groups excluding carboxylic acids is 2. The maximum absolute atomic E-state index is 12.7. The largest absolute Gasteiger partial charge is 0.496 e. The molecule has 2 rings (SSSR count). The normalized spacial score (nSPS) is 21.9. The Hall–Kier alpha value is -2.24. The molecule has 0 spiro atoms. The summed E-state index contributed by atoms with van der Waals surface area (Å²) >= 11 is 0. The van der Waals surface area contributed by atoms with Crippen LogP contribution in [-0.2, 0) is 9.53 Å². The lowest BCUT2D eigenvalue weighted by molar-refractivity contribution is -0.408. The Morgan fingerprint density at radius 3 is 2.76 bits per heavy atom. The standard InChI is InChI=1S/C15H20N3O3/c1-5-8-18-14(19)11-12(21-7-3)10(6-2)9-16-13(11)17(4)15(18)20/h5,9,11H,1,6-8H2,2-4H3/q+1. The third-order valence-electron chi connectivity index (χ3n) is 3.56. The Morgan fingerprint density at radius 1 is 1.48 bits per heavy atom. The first-order valence-electron chi connectivity index (χ1n) is 7.03. The number of aliphatic imine (C=N–C) groups is 1. The molecule has 21 heavy (non-hydrogen) atoms. The van der Waals surface area contributed by atoms with Crippen molar-refractivity contribution in [2.24, 2.45) is 10.9 Å². The van der Waals surface area contributed by atoms with Crippen LogP contribution in [0.5, 0.6) is 0 Å². The number of amidine groups is 1. The van der Waals surface area contributed by atoms with E-state index in [9.17, 15) is 9.59 Å². The highest BCUT2D eigenvalue weighted by atomic mass is 16.5. The highest BCUT2D eigenvalue weighted by Gasteiger charge is 2.50. The van der Waals surface area contributed by atoms with Crippen LogP contribution in [0.4, 0.5) is 4.79 Å². The summed E-state index contributed by atoms with van der Waals surface area (Å²) in [5, 5.41) is 0. The molecule has 112 valence electrons. The van der Waals surface area contributed by atoms with Gasteiger partial charge in [-0.1, -0.05) is 19.6 Å². The number of carbonyl (C=O) groups is 2. The monoisotopic (exact) mass is 290 g/mol. The molecule has 0 N–H and O–H groups in total. The first-order chi connectivity index (χ1) is 10.1. The zero-order valence-electron chi connectivity index (χ0n) is 12.6. The van der Waals surface area contributed by atoms with Gasteiger partial charge in [0.15, 0.2) is 5.92 Å². The molecule has 0 saturated heterocycles. The van der Waals surface area contributed by atoms with Crippen LogP contribution < -0.4 is 0 Å². The summed E-state index contributed by atoms with van der Waals surface area (Å²) in [4.78, 5) is 30.4. The van der Waals surface area contributed by atoms with Gasteiger partial charge in [-0.25, -0.2) is 4.79 Å². The molecule has 0 aromatic heterocycles. The molecule has 6 heteroatoms. The molecule has 0 aromatic rings. The predicted molar refractivity (Wildman–Crippen MR) is 79.4 cm³/mol. The molecule has 6 nitrogen and oxygen atoms in total. The molecule has 0 aliphatic carbocycles. The molecule has 1 atom stereocenters. The lowest BCUT2D eigenvalue weighted by atomic mass is 9.94. The van der Waals surface area contributed by atoms with Gasteiger partial charge in [-0.3, -0.25) is 4.79 Å². The minimum atomic E-state index is -0.646. The summed E-state index contributed by atoms with van der Waals surface area (Å²) in [5.41, 5.74) is 0.889. The zero-order valence-corrected chi connectivity index (χ0v) is 12.6. The minimum Gasteiger partial charge on any atom is -0.496 e. The molecule has 0 radical (unpaired) electrons. The van der Waals surface area contributed by atoms with E-state index in [1.54, 1.807) is 13.3 Å². The van der Waals surface area contributed by atoms with Gasteiger partial charge in [-0.05, 0) is 13.3 Å². The molecule has 0 fully saturated rings. The van der Waals surface area contributed by atoms with Gasteiger partial charge in [-0.15, -0.1) is 4.99 Å². The number of ether oxygens (including phenoxy) is 1. The molecule has 3 amide bonds. The molecular formula is C15H20N3O3+. The molecule has 2 heterocycles. The van der Waals surface area contributed by atoms with Crippen LogP contribution >= 0.6 is 0 Å². The van der Waals surface area contributed by atoms with E-state index in [2.05, 4.69) is 11.6 Å². The fraction of sp³-hybridized carbons (Fsp3) is 0.467. The SMILES string of the molecule is C=CCN1C(=O)C2C(OCC)=C(CC)C=NC2=[N+](C)C1=O. The van der Waals surface area contributed by atoms with E-state index in [1.807, 2.05) is 13.8 Å². The van der Waals surface area contributed by atoms with E-state index in [4.69, 9.17) is 4.74 Å². The van der Waals surface area contributed by atoms with Crippen molar-refractivity contribution < 1.29 is 18.9 Å². The van der Waals surface area contributed by atoms with Gasteiger partial charge in [0.1, 0.15) is 12.0 Å². The first kappa shape index (κ1) is 15.2. The Kier molecular flexibility index (Phi) is 4.35. The van der Waals surface area contributed by atoms with Gasteiger partial charge in [0.05, 0.1) is 20.2 Å². The second-order valence-electron chi connectivity index (χ2n) is 4.80. The van der Waals surface area contributed by atoms with Crippen molar-refractivity contribution >= 4 is 24.0 Å². The number of allylic oxidation sites excluding steroid dienone is 1. The van der Waals surface area contributed by atoms with Crippen LogP contribution in [0.15, 0.2) is 29.0 Å². The topological polar surface area (TPSA) is 62.0 Å².